The maximum atomic E-state index is 11.3. The summed E-state index contributed by atoms with van der Waals surface area (Å²) in [6, 6.07) is 9.36. The van der Waals surface area contributed by atoms with E-state index < -0.39 is 11.4 Å². The Morgan fingerprint density at radius 2 is 2.08 bits per heavy atom. The maximum absolute atomic E-state index is 11.3. The number of aryl methyl sites for hydroxylation is 1. The van der Waals surface area contributed by atoms with Crippen LogP contribution in [0, 0.1) is 17.2 Å². The van der Waals surface area contributed by atoms with Gasteiger partial charge in [-0.25, -0.2) is 0 Å². The highest BCUT2D eigenvalue weighted by molar-refractivity contribution is 5.83. The van der Waals surface area contributed by atoms with Gasteiger partial charge in [0.2, 0.25) is 0 Å². The Hall–Kier alpha value is -2.35. The molecule has 1 aromatic carbocycles. The van der Waals surface area contributed by atoms with Crippen molar-refractivity contribution in [1.29, 1.82) is 5.26 Å². The van der Waals surface area contributed by atoms with Crippen molar-refractivity contribution in [2.24, 2.45) is 5.92 Å². The van der Waals surface area contributed by atoms with Crippen LogP contribution in [-0.4, -0.2) is 20.9 Å². The molecule has 2 fully saturated rings. The second-order valence-electron chi connectivity index (χ2n) is 7.87. The largest absolute Gasteiger partial charge is 0.481 e. The predicted octanol–water partition coefficient (Wildman–Crippen LogP) is 4.36. The zero-order valence-electron chi connectivity index (χ0n) is 15.2. The average molecular weight is 351 g/mol. The van der Waals surface area contributed by atoms with Crippen LogP contribution in [0.4, 0.5) is 0 Å². The molecular weight excluding hydrogens is 326 g/mol. The monoisotopic (exact) mass is 351 g/mol. The van der Waals surface area contributed by atoms with Gasteiger partial charge in [-0.05, 0) is 63.0 Å². The summed E-state index contributed by atoms with van der Waals surface area (Å²) in [6.07, 6.45) is 6.88. The third-order valence-corrected chi connectivity index (χ3v) is 6.49. The molecule has 0 spiro atoms. The van der Waals surface area contributed by atoms with Crippen LogP contribution in [0.15, 0.2) is 18.2 Å². The molecule has 0 radical (unpaired) electrons. The maximum Gasteiger partial charge on any atom is 0.306 e. The topological polar surface area (TPSA) is 78.9 Å². The van der Waals surface area contributed by atoms with Gasteiger partial charge in [0, 0.05) is 5.39 Å². The zero-order valence-corrected chi connectivity index (χ0v) is 15.2. The Balaban J connectivity index is 1.74. The van der Waals surface area contributed by atoms with Crippen molar-refractivity contribution < 1.29 is 9.90 Å². The van der Waals surface area contributed by atoms with Crippen molar-refractivity contribution in [2.75, 3.05) is 0 Å². The minimum absolute atomic E-state index is 0.313. The molecule has 2 aromatic rings. The van der Waals surface area contributed by atoms with Gasteiger partial charge in [-0.15, -0.1) is 0 Å². The van der Waals surface area contributed by atoms with Gasteiger partial charge in [-0.1, -0.05) is 19.1 Å². The predicted molar refractivity (Wildman–Crippen MR) is 98.9 cm³/mol. The van der Waals surface area contributed by atoms with E-state index >= 15 is 0 Å². The minimum atomic E-state index is -0.734. The fourth-order valence-electron chi connectivity index (χ4n) is 4.49. The summed E-state index contributed by atoms with van der Waals surface area (Å²) < 4.78 is 2.18. The lowest BCUT2D eigenvalue weighted by Gasteiger charge is -2.34. The molecule has 2 aliphatic carbocycles. The number of carboxylic acids is 1. The number of carbonyl (C=O) groups is 1. The van der Waals surface area contributed by atoms with E-state index in [1.54, 1.807) is 0 Å². The summed E-state index contributed by atoms with van der Waals surface area (Å²) in [5.74, 6) is -1.05. The number of rotatable bonds is 4. The van der Waals surface area contributed by atoms with E-state index in [1.807, 2.05) is 0 Å². The molecule has 0 amide bonds. The number of aliphatic carboxylic acids is 1. The van der Waals surface area contributed by atoms with Gasteiger partial charge in [0.05, 0.1) is 34.7 Å². The highest BCUT2D eigenvalue weighted by Crippen LogP contribution is 2.43. The Labute approximate surface area is 153 Å². The molecule has 0 aliphatic heterocycles. The van der Waals surface area contributed by atoms with E-state index in [1.165, 1.54) is 24.6 Å². The van der Waals surface area contributed by atoms with Gasteiger partial charge < -0.3 is 5.11 Å². The van der Waals surface area contributed by atoms with Crippen molar-refractivity contribution in [3.05, 3.63) is 29.5 Å². The van der Waals surface area contributed by atoms with Crippen molar-refractivity contribution in [3.8, 4) is 6.07 Å². The molecule has 1 heterocycles. The van der Waals surface area contributed by atoms with Crippen molar-refractivity contribution in [2.45, 2.75) is 69.7 Å². The first-order valence-electron chi connectivity index (χ1n) is 9.73. The minimum Gasteiger partial charge on any atom is -0.481 e. The third-order valence-electron chi connectivity index (χ3n) is 6.49. The van der Waals surface area contributed by atoms with E-state index in [0.717, 1.165) is 23.2 Å². The smallest absolute Gasteiger partial charge is 0.306 e. The quantitative estimate of drug-likeness (QED) is 0.887. The normalized spacial score (nSPS) is 26.4. The van der Waals surface area contributed by atoms with Crippen molar-refractivity contribution in [1.82, 2.24) is 9.78 Å². The van der Waals surface area contributed by atoms with Crippen LogP contribution in [0.25, 0.3) is 10.9 Å². The third kappa shape index (κ3) is 2.59. The van der Waals surface area contributed by atoms with Gasteiger partial charge in [0.15, 0.2) is 0 Å². The first kappa shape index (κ1) is 17.1. The number of carboxylic acid groups (broad SMARTS) is 1. The van der Waals surface area contributed by atoms with Gasteiger partial charge in [-0.2, -0.15) is 10.4 Å². The first-order chi connectivity index (χ1) is 12.6. The molecule has 0 atom stereocenters. The summed E-state index contributed by atoms with van der Waals surface area (Å²) in [5.41, 5.74) is 2.72. The highest BCUT2D eigenvalue weighted by atomic mass is 16.4. The molecule has 26 heavy (non-hydrogen) atoms. The van der Waals surface area contributed by atoms with E-state index in [0.29, 0.717) is 31.7 Å². The molecule has 1 aromatic heterocycles. The summed E-state index contributed by atoms with van der Waals surface area (Å²) in [5, 5.41) is 25.3. The standard InChI is InChI=1S/C21H25N3O2/c1-2-18-17-7-6-15(12-19(17)24(23-18)16-4-3-5-16)21(13-22)10-8-14(9-11-21)20(25)26/h6-7,12,14,16H,2-5,8-11H2,1H3,(H,25,26)/t14-,21-. The number of hydrogen-bond donors (Lipinski definition) is 1. The van der Waals surface area contributed by atoms with Gasteiger partial charge >= 0.3 is 5.97 Å². The first-order valence-corrected chi connectivity index (χ1v) is 9.73. The molecule has 2 aliphatic rings. The number of nitriles is 1. The SMILES string of the molecule is CCc1nn(C2CCC2)c2cc([C@]3(C#N)CC[C@@H](C(=O)O)CC3)ccc12. The van der Waals surface area contributed by atoms with Crippen LogP contribution in [-0.2, 0) is 16.6 Å². The molecular formula is C21H25N3O2. The Morgan fingerprint density at radius 1 is 1.35 bits per heavy atom. The molecule has 0 saturated heterocycles. The fourth-order valence-corrected chi connectivity index (χ4v) is 4.49. The second kappa shape index (κ2) is 6.42. The van der Waals surface area contributed by atoms with E-state index in [4.69, 9.17) is 5.10 Å². The van der Waals surface area contributed by atoms with Gasteiger partial charge in [0.1, 0.15) is 0 Å². The van der Waals surface area contributed by atoms with E-state index in [-0.39, 0.29) is 5.92 Å². The molecule has 0 bridgehead atoms. The summed E-state index contributed by atoms with van der Waals surface area (Å²) in [4.78, 5) is 11.3. The number of aromatic nitrogens is 2. The molecule has 4 rings (SSSR count). The second-order valence-corrected chi connectivity index (χ2v) is 7.87. The Kier molecular flexibility index (Phi) is 4.22. The summed E-state index contributed by atoms with van der Waals surface area (Å²) in [6.45, 7) is 2.13. The van der Waals surface area contributed by atoms with Crippen LogP contribution < -0.4 is 0 Å². The highest BCUT2D eigenvalue weighted by Gasteiger charge is 2.39. The number of nitrogens with zero attached hydrogens (tertiary/aromatic N) is 3. The molecule has 1 N–H and O–H groups in total. The van der Waals surface area contributed by atoms with Gasteiger partial charge in [-0.3, -0.25) is 9.48 Å². The molecule has 5 heteroatoms. The Bertz CT molecular complexity index is 881. The number of fused-ring (bicyclic) bond motifs is 1. The molecule has 5 nitrogen and oxygen atoms in total. The van der Waals surface area contributed by atoms with Crippen molar-refractivity contribution >= 4 is 16.9 Å². The van der Waals surface area contributed by atoms with Crippen molar-refractivity contribution in [3.63, 3.8) is 0 Å². The Morgan fingerprint density at radius 3 is 2.62 bits per heavy atom. The van der Waals surface area contributed by atoms with Crippen LogP contribution in [0.5, 0.6) is 0 Å². The van der Waals surface area contributed by atoms with Crippen LogP contribution in [0.1, 0.15) is 69.2 Å². The lowest BCUT2D eigenvalue weighted by molar-refractivity contribution is -0.143. The van der Waals surface area contributed by atoms with E-state index in [2.05, 4.69) is 35.9 Å². The average Bonchev–Trinajstić information content (AvgIpc) is 2.98. The lowest BCUT2D eigenvalue weighted by Crippen LogP contribution is -2.33. The number of hydrogen-bond acceptors (Lipinski definition) is 3. The fraction of sp³-hybridized carbons (Fsp3) is 0.571. The van der Waals surface area contributed by atoms with Gasteiger partial charge in [0.25, 0.3) is 0 Å². The molecule has 0 unspecified atom stereocenters. The zero-order chi connectivity index (χ0) is 18.3. The van der Waals surface area contributed by atoms with Crippen LogP contribution >= 0.6 is 0 Å². The number of benzene rings is 1. The summed E-state index contributed by atoms with van der Waals surface area (Å²) in [7, 11) is 0. The lowest BCUT2D eigenvalue weighted by atomic mass is 9.67. The molecule has 2 saturated carbocycles. The molecule has 136 valence electrons. The van der Waals surface area contributed by atoms with E-state index in [9.17, 15) is 15.2 Å². The van der Waals surface area contributed by atoms with Crippen LogP contribution in [0.2, 0.25) is 0 Å². The summed E-state index contributed by atoms with van der Waals surface area (Å²) >= 11 is 0. The van der Waals surface area contributed by atoms with Crippen LogP contribution in [0.3, 0.4) is 0 Å².